The molecular formula is C12H22O3. The van der Waals surface area contributed by atoms with E-state index in [1.54, 1.807) is 0 Å². The van der Waals surface area contributed by atoms with Crippen molar-refractivity contribution in [2.45, 2.75) is 58.2 Å². The minimum atomic E-state index is -0.512. The first-order chi connectivity index (χ1) is 7.18. The Bertz CT molecular complexity index is 172. The molecule has 0 unspecified atom stereocenters. The van der Waals surface area contributed by atoms with Gasteiger partial charge in [0.05, 0.1) is 6.10 Å². The van der Waals surface area contributed by atoms with E-state index in [-0.39, 0.29) is 12.2 Å². The summed E-state index contributed by atoms with van der Waals surface area (Å²) in [5.41, 5.74) is 0. The Kier molecular flexibility index (Phi) is 7.78. The predicted molar refractivity (Wildman–Crippen MR) is 60.8 cm³/mol. The first kappa shape index (κ1) is 14.0. The van der Waals surface area contributed by atoms with Gasteiger partial charge in [0.1, 0.15) is 6.10 Å². The molecule has 0 amide bonds. The van der Waals surface area contributed by atoms with Crippen molar-refractivity contribution in [1.82, 2.24) is 0 Å². The van der Waals surface area contributed by atoms with Crippen molar-refractivity contribution >= 4 is 6.16 Å². The van der Waals surface area contributed by atoms with Crippen molar-refractivity contribution in [3.8, 4) is 0 Å². The third-order valence-electron chi connectivity index (χ3n) is 2.15. The molecule has 3 heteroatoms. The highest BCUT2D eigenvalue weighted by Crippen LogP contribution is 2.20. The highest BCUT2D eigenvalue weighted by Gasteiger charge is 2.18. The summed E-state index contributed by atoms with van der Waals surface area (Å²) in [7, 11) is 0. The van der Waals surface area contributed by atoms with E-state index in [4.69, 9.17) is 9.47 Å². The van der Waals surface area contributed by atoms with Gasteiger partial charge in [0.2, 0.25) is 0 Å². The Morgan fingerprint density at radius 3 is 2.20 bits per heavy atom. The van der Waals surface area contributed by atoms with Gasteiger partial charge in [-0.15, -0.1) is 13.2 Å². The Morgan fingerprint density at radius 1 is 1.20 bits per heavy atom. The van der Waals surface area contributed by atoms with Crippen molar-refractivity contribution in [2.24, 2.45) is 0 Å². The van der Waals surface area contributed by atoms with Crippen LogP contribution in [-0.4, -0.2) is 18.4 Å². The number of hydrogen-bond donors (Lipinski definition) is 0. The van der Waals surface area contributed by atoms with Crippen LogP contribution < -0.4 is 0 Å². The first-order valence-electron chi connectivity index (χ1n) is 5.55. The molecule has 0 N–H and O–H groups in total. The topological polar surface area (TPSA) is 35.5 Å². The molecule has 1 fully saturated rings. The number of carbonyl (C=O) groups excluding carboxylic acids is 1. The fraction of sp³-hybridized carbons (Fsp3) is 0.750. The van der Waals surface area contributed by atoms with Crippen molar-refractivity contribution in [3.05, 3.63) is 13.2 Å². The summed E-state index contributed by atoms with van der Waals surface area (Å²) < 4.78 is 10.0. The van der Waals surface area contributed by atoms with E-state index in [9.17, 15) is 4.79 Å². The van der Waals surface area contributed by atoms with E-state index < -0.39 is 6.16 Å². The van der Waals surface area contributed by atoms with Gasteiger partial charge in [-0.1, -0.05) is 6.42 Å². The van der Waals surface area contributed by atoms with E-state index in [0.29, 0.717) is 0 Å². The molecule has 1 aliphatic rings. The number of hydrogen-bond acceptors (Lipinski definition) is 3. The average Bonchev–Trinajstić information content (AvgIpc) is 2.21. The Morgan fingerprint density at radius 2 is 1.73 bits per heavy atom. The molecule has 0 aromatic heterocycles. The molecule has 15 heavy (non-hydrogen) atoms. The molecule has 0 saturated heterocycles. The number of ether oxygens (including phenoxy) is 2. The maximum Gasteiger partial charge on any atom is 0.508 e. The van der Waals surface area contributed by atoms with Crippen molar-refractivity contribution in [2.75, 3.05) is 0 Å². The highest BCUT2D eigenvalue weighted by molar-refractivity contribution is 5.60. The van der Waals surface area contributed by atoms with Gasteiger partial charge in [0, 0.05) is 0 Å². The maximum atomic E-state index is 11.1. The number of carbonyl (C=O) groups is 1. The zero-order valence-electron chi connectivity index (χ0n) is 9.83. The van der Waals surface area contributed by atoms with E-state index in [1.807, 2.05) is 13.8 Å². The van der Waals surface area contributed by atoms with Crippen LogP contribution in [-0.2, 0) is 9.47 Å². The molecule has 0 atom stereocenters. The summed E-state index contributed by atoms with van der Waals surface area (Å²) >= 11 is 0. The second-order valence-electron chi connectivity index (χ2n) is 3.79. The zero-order valence-corrected chi connectivity index (χ0v) is 9.83. The molecular weight excluding hydrogens is 192 g/mol. The van der Waals surface area contributed by atoms with Crippen molar-refractivity contribution in [3.63, 3.8) is 0 Å². The molecule has 1 aliphatic carbocycles. The van der Waals surface area contributed by atoms with Gasteiger partial charge in [-0.2, -0.15) is 0 Å². The minimum Gasteiger partial charge on any atom is -0.432 e. The lowest BCUT2D eigenvalue weighted by molar-refractivity contribution is -0.00309. The van der Waals surface area contributed by atoms with E-state index in [2.05, 4.69) is 13.2 Å². The van der Waals surface area contributed by atoms with Crippen molar-refractivity contribution < 1.29 is 14.3 Å². The van der Waals surface area contributed by atoms with E-state index in [0.717, 1.165) is 12.8 Å². The molecule has 1 rings (SSSR count). The smallest absolute Gasteiger partial charge is 0.432 e. The molecule has 3 nitrogen and oxygen atoms in total. The van der Waals surface area contributed by atoms with Crippen LogP contribution in [0.15, 0.2) is 13.2 Å². The summed E-state index contributed by atoms with van der Waals surface area (Å²) in [4.78, 5) is 11.1. The first-order valence-corrected chi connectivity index (χ1v) is 5.55. The van der Waals surface area contributed by atoms with Crippen LogP contribution in [0.1, 0.15) is 46.0 Å². The summed E-state index contributed by atoms with van der Waals surface area (Å²) in [6.07, 6.45) is 5.08. The lowest BCUT2D eigenvalue weighted by atomic mass is 9.98. The normalized spacial score (nSPS) is 16.5. The quantitative estimate of drug-likeness (QED) is 0.519. The van der Waals surface area contributed by atoms with Gasteiger partial charge in [-0.3, -0.25) is 0 Å². The van der Waals surface area contributed by atoms with Crippen LogP contribution in [0.25, 0.3) is 0 Å². The van der Waals surface area contributed by atoms with E-state index in [1.165, 1.54) is 19.3 Å². The third-order valence-corrected chi connectivity index (χ3v) is 2.15. The molecule has 0 heterocycles. The lowest BCUT2D eigenvalue weighted by Gasteiger charge is -2.21. The Hall–Kier alpha value is -0.990. The standard InChI is InChI=1S/C10H18O3.C2H4/c1-8(2)12-10(11)13-9-6-4-3-5-7-9;1-2/h8-9H,3-7H2,1-2H3;1-2H2. The monoisotopic (exact) mass is 214 g/mol. The largest absolute Gasteiger partial charge is 0.508 e. The molecule has 0 radical (unpaired) electrons. The average molecular weight is 214 g/mol. The van der Waals surface area contributed by atoms with Gasteiger partial charge in [0.15, 0.2) is 0 Å². The minimum absolute atomic E-state index is 0.0870. The molecule has 0 aliphatic heterocycles. The Balaban J connectivity index is 0.000000921. The SMILES string of the molecule is C=C.CC(C)OC(=O)OC1CCCCC1. The fourth-order valence-electron chi connectivity index (χ4n) is 1.54. The van der Waals surface area contributed by atoms with Gasteiger partial charge < -0.3 is 9.47 Å². The second kappa shape index (κ2) is 8.33. The van der Waals surface area contributed by atoms with Gasteiger partial charge in [-0.25, -0.2) is 4.79 Å². The molecule has 0 aromatic carbocycles. The molecule has 0 aromatic rings. The summed E-state index contributed by atoms with van der Waals surface area (Å²) in [5.74, 6) is 0. The van der Waals surface area contributed by atoms with Crippen LogP contribution in [0, 0.1) is 0 Å². The van der Waals surface area contributed by atoms with Crippen LogP contribution >= 0.6 is 0 Å². The maximum absolute atomic E-state index is 11.1. The molecule has 1 saturated carbocycles. The van der Waals surface area contributed by atoms with Crippen LogP contribution in [0.4, 0.5) is 4.79 Å². The third kappa shape index (κ3) is 7.00. The Labute approximate surface area is 92.5 Å². The zero-order chi connectivity index (χ0) is 11.7. The van der Waals surface area contributed by atoms with Crippen LogP contribution in [0.2, 0.25) is 0 Å². The molecule has 0 bridgehead atoms. The van der Waals surface area contributed by atoms with E-state index >= 15 is 0 Å². The van der Waals surface area contributed by atoms with Crippen molar-refractivity contribution in [1.29, 1.82) is 0 Å². The fourth-order valence-corrected chi connectivity index (χ4v) is 1.54. The molecule has 88 valence electrons. The van der Waals surface area contributed by atoms with Crippen LogP contribution in [0.5, 0.6) is 0 Å². The summed E-state index contributed by atoms with van der Waals surface area (Å²) in [5, 5.41) is 0. The second-order valence-corrected chi connectivity index (χ2v) is 3.79. The summed E-state index contributed by atoms with van der Waals surface area (Å²) in [6, 6.07) is 0. The van der Waals surface area contributed by atoms with Gasteiger partial charge >= 0.3 is 6.16 Å². The number of rotatable bonds is 2. The predicted octanol–water partition coefficient (Wildman–Crippen LogP) is 3.68. The lowest BCUT2D eigenvalue weighted by Crippen LogP contribution is -2.23. The van der Waals surface area contributed by atoms with Crippen LogP contribution in [0.3, 0.4) is 0 Å². The van der Waals surface area contributed by atoms with Gasteiger partial charge in [0.25, 0.3) is 0 Å². The molecule has 0 spiro atoms. The summed E-state index contributed by atoms with van der Waals surface area (Å²) in [6.45, 7) is 9.64. The van der Waals surface area contributed by atoms with Gasteiger partial charge in [-0.05, 0) is 39.5 Å². The highest BCUT2D eigenvalue weighted by atomic mass is 16.7.